The summed E-state index contributed by atoms with van der Waals surface area (Å²) in [6, 6.07) is 7.52. The van der Waals surface area contributed by atoms with Crippen molar-refractivity contribution in [2.45, 2.75) is 52.1 Å². The lowest BCUT2D eigenvalue weighted by Gasteiger charge is -2.10. The molecule has 0 aliphatic carbocycles. The molecule has 0 saturated heterocycles. The lowest BCUT2D eigenvalue weighted by molar-refractivity contribution is -0.121. The van der Waals surface area contributed by atoms with Crippen LogP contribution in [-0.4, -0.2) is 22.9 Å². The second-order valence-corrected chi connectivity index (χ2v) is 5.06. The van der Waals surface area contributed by atoms with E-state index in [0.29, 0.717) is 12.8 Å². The van der Waals surface area contributed by atoms with Crippen molar-refractivity contribution in [3.05, 3.63) is 29.8 Å². The van der Waals surface area contributed by atoms with E-state index < -0.39 is 6.10 Å². The standard InChI is InChI=1S/C16H23NO3/c1-3-4-15(19)11-16(20)10-7-13-5-8-14(9-6-13)17-12(2)18/h5-6,8-9,16,20H,3-4,7,10-11H2,1-2H3,(H,17,18). The fourth-order valence-corrected chi connectivity index (χ4v) is 2.04. The van der Waals surface area contributed by atoms with Gasteiger partial charge in [-0.25, -0.2) is 0 Å². The number of carbonyl (C=O) groups is 2. The number of nitrogens with one attached hydrogen (secondary N) is 1. The summed E-state index contributed by atoms with van der Waals surface area (Å²) in [5.74, 6) is 0.0311. The van der Waals surface area contributed by atoms with E-state index in [0.717, 1.165) is 24.1 Å². The van der Waals surface area contributed by atoms with Crippen LogP contribution in [0.1, 0.15) is 45.1 Å². The Kier molecular flexibility index (Phi) is 6.94. The topological polar surface area (TPSA) is 66.4 Å². The highest BCUT2D eigenvalue weighted by molar-refractivity contribution is 5.88. The third-order valence-corrected chi connectivity index (χ3v) is 3.03. The van der Waals surface area contributed by atoms with Gasteiger partial charge in [0.05, 0.1) is 6.10 Å². The van der Waals surface area contributed by atoms with Crippen LogP contribution in [0.5, 0.6) is 0 Å². The van der Waals surface area contributed by atoms with Crippen LogP contribution < -0.4 is 5.32 Å². The van der Waals surface area contributed by atoms with Gasteiger partial charge >= 0.3 is 0 Å². The molecule has 110 valence electrons. The van der Waals surface area contributed by atoms with Gasteiger partial charge in [0.15, 0.2) is 0 Å². The first-order chi connectivity index (χ1) is 9.51. The fourth-order valence-electron chi connectivity index (χ4n) is 2.04. The average molecular weight is 277 g/mol. The monoisotopic (exact) mass is 277 g/mol. The maximum atomic E-state index is 11.4. The van der Waals surface area contributed by atoms with E-state index in [2.05, 4.69) is 5.32 Å². The molecule has 4 nitrogen and oxygen atoms in total. The zero-order chi connectivity index (χ0) is 15.0. The molecular weight excluding hydrogens is 254 g/mol. The van der Waals surface area contributed by atoms with Crippen molar-refractivity contribution in [1.29, 1.82) is 0 Å². The number of aliphatic hydroxyl groups excluding tert-OH is 1. The normalized spacial score (nSPS) is 11.9. The van der Waals surface area contributed by atoms with Gasteiger partial charge in [-0.05, 0) is 37.0 Å². The number of ketones is 1. The fraction of sp³-hybridized carbons (Fsp3) is 0.500. The number of hydrogen-bond donors (Lipinski definition) is 2. The van der Waals surface area contributed by atoms with E-state index in [4.69, 9.17) is 0 Å². The van der Waals surface area contributed by atoms with Crippen LogP contribution in [0.15, 0.2) is 24.3 Å². The first-order valence-corrected chi connectivity index (χ1v) is 7.07. The van der Waals surface area contributed by atoms with Crippen molar-refractivity contribution in [2.75, 3.05) is 5.32 Å². The maximum Gasteiger partial charge on any atom is 0.221 e. The van der Waals surface area contributed by atoms with Crippen molar-refractivity contribution in [2.24, 2.45) is 0 Å². The summed E-state index contributed by atoms with van der Waals surface area (Å²) >= 11 is 0. The van der Waals surface area contributed by atoms with Gasteiger partial charge in [-0.15, -0.1) is 0 Å². The predicted molar refractivity (Wildman–Crippen MR) is 79.6 cm³/mol. The van der Waals surface area contributed by atoms with Crippen molar-refractivity contribution < 1.29 is 14.7 Å². The zero-order valence-corrected chi connectivity index (χ0v) is 12.2. The Morgan fingerprint density at radius 3 is 2.45 bits per heavy atom. The average Bonchev–Trinajstić information content (AvgIpc) is 2.37. The van der Waals surface area contributed by atoms with Crippen LogP contribution in [-0.2, 0) is 16.0 Å². The number of aryl methyl sites for hydroxylation is 1. The van der Waals surface area contributed by atoms with Crippen LogP contribution in [0.4, 0.5) is 5.69 Å². The number of benzene rings is 1. The summed E-state index contributed by atoms with van der Waals surface area (Å²) in [5.41, 5.74) is 1.85. The quantitative estimate of drug-likeness (QED) is 0.767. The van der Waals surface area contributed by atoms with Crippen molar-refractivity contribution >= 4 is 17.4 Å². The molecule has 2 N–H and O–H groups in total. The minimum Gasteiger partial charge on any atom is -0.393 e. The molecule has 1 atom stereocenters. The summed E-state index contributed by atoms with van der Waals surface area (Å²) in [7, 11) is 0. The number of amides is 1. The summed E-state index contributed by atoms with van der Waals surface area (Å²) in [6.07, 6.45) is 2.36. The third kappa shape index (κ3) is 6.48. The van der Waals surface area contributed by atoms with E-state index in [1.54, 1.807) is 0 Å². The molecule has 0 aliphatic rings. The Labute approximate surface area is 120 Å². The minimum atomic E-state index is -0.566. The Balaban J connectivity index is 2.37. The lowest BCUT2D eigenvalue weighted by Crippen LogP contribution is -2.14. The number of carbonyl (C=O) groups excluding carboxylic acids is 2. The zero-order valence-electron chi connectivity index (χ0n) is 12.2. The van der Waals surface area contributed by atoms with Gasteiger partial charge in [-0.1, -0.05) is 19.1 Å². The first-order valence-electron chi connectivity index (χ1n) is 7.07. The second kappa shape index (κ2) is 8.48. The van der Waals surface area contributed by atoms with Crippen LogP contribution in [0.25, 0.3) is 0 Å². The van der Waals surface area contributed by atoms with Gasteiger partial charge in [0.25, 0.3) is 0 Å². The number of hydrogen-bond acceptors (Lipinski definition) is 3. The van der Waals surface area contributed by atoms with Gasteiger partial charge < -0.3 is 10.4 Å². The molecule has 0 aliphatic heterocycles. The van der Waals surface area contributed by atoms with Crippen molar-refractivity contribution in [3.8, 4) is 0 Å². The highest BCUT2D eigenvalue weighted by Gasteiger charge is 2.10. The third-order valence-electron chi connectivity index (χ3n) is 3.03. The van der Waals surface area contributed by atoms with E-state index in [-0.39, 0.29) is 18.1 Å². The van der Waals surface area contributed by atoms with Crippen molar-refractivity contribution in [3.63, 3.8) is 0 Å². The molecule has 1 unspecified atom stereocenters. The molecule has 0 aromatic heterocycles. The van der Waals surface area contributed by atoms with Crippen LogP contribution in [0, 0.1) is 0 Å². The molecule has 1 aromatic rings. The van der Waals surface area contributed by atoms with Crippen LogP contribution >= 0.6 is 0 Å². The maximum absolute atomic E-state index is 11.4. The molecule has 20 heavy (non-hydrogen) atoms. The van der Waals surface area contributed by atoms with Gasteiger partial charge in [0.2, 0.25) is 5.91 Å². The Bertz CT molecular complexity index is 440. The van der Waals surface area contributed by atoms with E-state index >= 15 is 0 Å². The highest BCUT2D eigenvalue weighted by Crippen LogP contribution is 2.13. The molecule has 4 heteroatoms. The van der Waals surface area contributed by atoms with Gasteiger partial charge in [-0.3, -0.25) is 9.59 Å². The molecular formula is C16H23NO3. The summed E-state index contributed by atoms with van der Waals surface area (Å²) in [5, 5.41) is 12.5. The van der Waals surface area contributed by atoms with Crippen LogP contribution in [0.3, 0.4) is 0 Å². The van der Waals surface area contributed by atoms with Gasteiger partial charge in [-0.2, -0.15) is 0 Å². The minimum absolute atomic E-state index is 0.0948. The summed E-state index contributed by atoms with van der Waals surface area (Å²) < 4.78 is 0. The molecule has 0 radical (unpaired) electrons. The molecule has 1 aromatic carbocycles. The van der Waals surface area contributed by atoms with Crippen molar-refractivity contribution in [1.82, 2.24) is 0 Å². The largest absolute Gasteiger partial charge is 0.393 e. The molecule has 0 fully saturated rings. The number of rotatable bonds is 8. The number of Topliss-reactive ketones (excluding diaryl/α,β-unsaturated/α-hetero) is 1. The summed E-state index contributed by atoms with van der Waals surface area (Å²) in [6.45, 7) is 3.43. The summed E-state index contributed by atoms with van der Waals surface area (Å²) in [4.78, 5) is 22.3. The highest BCUT2D eigenvalue weighted by atomic mass is 16.3. The SMILES string of the molecule is CCCC(=O)CC(O)CCc1ccc(NC(C)=O)cc1. The predicted octanol–water partition coefficient (Wildman–Crippen LogP) is 2.70. The number of aliphatic hydroxyl groups is 1. The molecule has 0 spiro atoms. The molecule has 0 heterocycles. The molecule has 0 saturated carbocycles. The van der Waals surface area contributed by atoms with E-state index in [1.165, 1.54) is 6.92 Å². The van der Waals surface area contributed by atoms with E-state index in [9.17, 15) is 14.7 Å². The smallest absolute Gasteiger partial charge is 0.221 e. The van der Waals surface area contributed by atoms with Gasteiger partial charge in [0.1, 0.15) is 5.78 Å². The molecule has 1 amide bonds. The first kappa shape index (κ1) is 16.4. The second-order valence-electron chi connectivity index (χ2n) is 5.06. The molecule has 1 rings (SSSR count). The Hall–Kier alpha value is -1.68. The number of anilines is 1. The van der Waals surface area contributed by atoms with Crippen LogP contribution in [0.2, 0.25) is 0 Å². The van der Waals surface area contributed by atoms with Gasteiger partial charge in [0, 0.05) is 25.5 Å². The lowest BCUT2D eigenvalue weighted by atomic mass is 10.0. The van der Waals surface area contributed by atoms with E-state index in [1.807, 2.05) is 31.2 Å². The Morgan fingerprint density at radius 1 is 1.25 bits per heavy atom. The molecule has 0 bridgehead atoms. The Morgan fingerprint density at radius 2 is 1.90 bits per heavy atom.